The predicted octanol–water partition coefficient (Wildman–Crippen LogP) is 2.73. The number of amides is 1. The van der Waals surface area contributed by atoms with Gasteiger partial charge in [0.15, 0.2) is 0 Å². The molecule has 0 radical (unpaired) electrons. The van der Waals surface area contributed by atoms with Crippen LogP contribution < -0.4 is 11.0 Å². The van der Waals surface area contributed by atoms with Gasteiger partial charge < -0.3 is 4.98 Å². The molecule has 0 saturated carbocycles. The summed E-state index contributed by atoms with van der Waals surface area (Å²) in [5.74, 6) is -0.866. The Morgan fingerprint density at radius 2 is 1.92 bits per heavy atom. The second-order valence-corrected chi connectivity index (χ2v) is 5.17. The molecule has 0 bridgehead atoms. The van der Waals surface area contributed by atoms with Crippen molar-refractivity contribution in [2.45, 2.75) is 6.18 Å². The van der Waals surface area contributed by atoms with E-state index < -0.39 is 23.2 Å². The van der Waals surface area contributed by atoms with Gasteiger partial charge in [0.05, 0.1) is 16.5 Å². The number of alkyl halides is 3. The number of halogens is 3. The monoisotopic (exact) mass is 349 g/mol. The minimum absolute atomic E-state index is 0.0445. The molecular weight excluding hydrogens is 339 g/mol. The number of H-pyrrole nitrogens is 1. The maximum atomic E-state index is 12.8. The molecule has 2 aromatic carbocycles. The van der Waals surface area contributed by atoms with Gasteiger partial charge in [-0.05, 0) is 30.3 Å². The number of carbonyl (C=O) groups excluding carboxylic acids is 1. The number of rotatable bonds is 2. The van der Waals surface area contributed by atoms with E-state index in [0.29, 0.717) is 0 Å². The van der Waals surface area contributed by atoms with Gasteiger partial charge in [0.25, 0.3) is 11.5 Å². The molecule has 0 unspecified atom stereocenters. The summed E-state index contributed by atoms with van der Waals surface area (Å²) in [7, 11) is 0. The van der Waals surface area contributed by atoms with Gasteiger partial charge in [0, 0.05) is 11.1 Å². The van der Waals surface area contributed by atoms with Crippen LogP contribution in [0, 0.1) is 0 Å². The topological polar surface area (TPSA) is 95.1 Å². The van der Waals surface area contributed by atoms with Gasteiger partial charge in [-0.15, -0.1) is 0 Å². The van der Waals surface area contributed by atoms with Crippen LogP contribution in [0.5, 0.6) is 0 Å². The van der Waals surface area contributed by atoms with Crippen LogP contribution in [-0.2, 0) is 6.18 Å². The van der Waals surface area contributed by atoms with Crippen LogP contribution in [-0.4, -0.2) is 21.1 Å². The fraction of sp³-hybridized carbons (Fsp3) is 0.0625. The summed E-state index contributed by atoms with van der Waals surface area (Å²) in [6.45, 7) is 0. The summed E-state index contributed by atoms with van der Waals surface area (Å²) >= 11 is 0. The molecule has 0 aliphatic rings. The van der Waals surface area contributed by atoms with E-state index >= 15 is 0 Å². The number of nitrogens with zero attached hydrogens (tertiary/aromatic N) is 1. The average Bonchev–Trinajstić information content (AvgIpc) is 2.59. The second-order valence-electron chi connectivity index (χ2n) is 5.17. The van der Waals surface area contributed by atoms with Crippen molar-refractivity contribution in [2.75, 3.05) is 0 Å². The van der Waals surface area contributed by atoms with Crippen molar-refractivity contribution < 1.29 is 23.2 Å². The summed E-state index contributed by atoms with van der Waals surface area (Å²) in [5.41, 5.74) is 0.246. The number of hydrogen-bond acceptors (Lipinski definition) is 4. The first-order valence-electron chi connectivity index (χ1n) is 6.96. The van der Waals surface area contributed by atoms with Gasteiger partial charge in [-0.3, -0.25) is 14.8 Å². The van der Waals surface area contributed by atoms with E-state index in [4.69, 9.17) is 5.21 Å². The van der Waals surface area contributed by atoms with E-state index in [2.05, 4.69) is 9.97 Å². The highest BCUT2D eigenvalue weighted by molar-refractivity contribution is 5.97. The third-order valence-electron chi connectivity index (χ3n) is 3.53. The van der Waals surface area contributed by atoms with Crippen molar-refractivity contribution in [3.05, 3.63) is 63.9 Å². The number of fused-ring (bicyclic) bond motifs is 1. The fourth-order valence-corrected chi connectivity index (χ4v) is 2.32. The molecule has 3 rings (SSSR count). The normalized spacial score (nSPS) is 11.5. The van der Waals surface area contributed by atoms with Crippen molar-refractivity contribution in [3.63, 3.8) is 0 Å². The Morgan fingerprint density at radius 3 is 2.60 bits per heavy atom. The van der Waals surface area contributed by atoms with E-state index in [9.17, 15) is 22.8 Å². The third-order valence-corrected chi connectivity index (χ3v) is 3.53. The lowest BCUT2D eigenvalue weighted by Crippen LogP contribution is -2.19. The number of hydrogen-bond donors (Lipinski definition) is 3. The molecule has 1 aromatic heterocycles. The van der Waals surface area contributed by atoms with Crippen LogP contribution in [0.1, 0.15) is 15.9 Å². The number of carbonyl (C=O) groups is 1. The maximum Gasteiger partial charge on any atom is 0.416 e. The van der Waals surface area contributed by atoms with Crippen molar-refractivity contribution in [1.29, 1.82) is 0 Å². The lowest BCUT2D eigenvalue weighted by atomic mass is 10.1. The number of aromatic amines is 1. The highest BCUT2D eigenvalue weighted by atomic mass is 19.4. The molecular formula is C16H10F3N3O3. The van der Waals surface area contributed by atoms with E-state index in [1.807, 2.05) is 0 Å². The van der Waals surface area contributed by atoms with Crippen LogP contribution in [0.2, 0.25) is 0 Å². The minimum Gasteiger partial charge on any atom is -0.306 e. The number of hydroxylamine groups is 1. The molecule has 9 heteroatoms. The van der Waals surface area contributed by atoms with Crippen LogP contribution >= 0.6 is 0 Å². The zero-order valence-corrected chi connectivity index (χ0v) is 12.4. The molecule has 128 valence electrons. The summed E-state index contributed by atoms with van der Waals surface area (Å²) in [6, 6.07) is 8.27. The summed E-state index contributed by atoms with van der Waals surface area (Å²) < 4.78 is 38.5. The van der Waals surface area contributed by atoms with Crippen LogP contribution in [0.4, 0.5) is 13.2 Å². The third kappa shape index (κ3) is 3.22. The molecule has 0 aliphatic heterocycles. The molecule has 0 saturated heterocycles. The predicted molar refractivity (Wildman–Crippen MR) is 82.1 cm³/mol. The summed E-state index contributed by atoms with van der Waals surface area (Å²) in [5, 5.41) is 8.82. The maximum absolute atomic E-state index is 12.8. The van der Waals surface area contributed by atoms with Gasteiger partial charge in [0.1, 0.15) is 5.82 Å². The van der Waals surface area contributed by atoms with E-state index in [-0.39, 0.29) is 27.9 Å². The Bertz CT molecular complexity index is 1030. The Morgan fingerprint density at radius 1 is 1.16 bits per heavy atom. The van der Waals surface area contributed by atoms with Gasteiger partial charge in [-0.2, -0.15) is 13.2 Å². The van der Waals surface area contributed by atoms with Gasteiger partial charge in [-0.1, -0.05) is 12.1 Å². The highest BCUT2D eigenvalue weighted by Crippen LogP contribution is 2.31. The highest BCUT2D eigenvalue weighted by Gasteiger charge is 2.30. The van der Waals surface area contributed by atoms with E-state index in [1.165, 1.54) is 35.8 Å². The molecule has 3 aromatic rings. The molecule has 0 atom stereocenters. The molecule has 1 heterocycles. The lowest BCUT2D eigenvalue weighted by molar-refractivity contribution is -0.137. The number of aromatic nitrogens is 2. The number of benzene rings is 2. The zero-order valence-electron chi connectivity index (χ0n) is 12.4. The first kappa shape index (κ1) is 16.7. The summed E-state index contributed by atoms with van der Waals surface area (Å²) in [4.78, 5) is 30.1. The zero-order chi connectivity index (χ0) is 18.2. The van der Waals surface area contributed by atoms with E-state index in [1.54, 1.807) is 0 Å². The molecule has 6 nitrogen and oxygen atoms in total. The van der Waals surface area contributed by atoms with E-state index in [0.717, 1.165) is 12.1 Å². The molecule has 0 aliphatic carbocycles. The Kier molecular flexibility index (Phi) is 4.01. The van der Waals surface area contributed by atoms with Crippen LogP contribution in [0.25, 0.3) is 22.3 Å². The first-order valence-corrected chi connectivity index (χ1v) is 6.96. The fourth-order valence-electron chi connectivity index (χ4n) is 2.32. The van der Waals surface area contributed by atoms with Crippen molar-refractivity contribution in [3.8, 4) is 11.4 Å². The molecule has 25 heavy (non-hydrogen) atoms. The molecule has 3 N–H and O–H groups in total. The van der Waals surface area contributed by atoms with Crippen molar-refractivity contribution >= 4 is 16.8 Å². The minimum atomic E-state index is -4.53. The smallest absolute Gasteiger partial charge is 0.306 e. The number of nitrogens with one attached hydrogen (secondary N) is 2. The average molecular weight is 349 g/mol. The lowest BCUT2D eigenvalue weighted by Gasteiger charge is -2.09. The van der Waals surface area contributed by atoms with Crippen molar-refractivity contribution in [1.82, 2.24) is 15.4 Å². The molecule has 0 spiro atoms. The quantitative estimate of drug-likeness (QED) is 0.490. The second kappa shape index (κ2) is 6.02. The Hall–Kier alpha value is -3.20. The largest absolute Gasteiger partial charge is 0.416 e. The SMILES string of the molecule is O=C(NO)c1ccc2c(=O)[nH]c(-c3cccc(C(F)(F)F)c3)nc2c1. The van der Waals surface area contributed by atoms with Crippen LogP contribution in [0.15, 0.2) is 47.3 Å². The Labute approximate surface area is 137 Å². The molecule has 0 fully saturated rings. The van der Waals surface area contributed by atoms with Gasteiger partial charge in [-0.25, -0.2) is 10.5 Å². The van der Waals surface area contributed by atoms with Gasteiger partial charge >= 0.3 is 6.18 Å². The van der Waals surface area contributed by atoms with Gasteiger partial charge in [0.2, 0.25) is 0 Å². The van der Waals surface area contributed by atoms with Crippen LogP contribution in [0.3, 0.4) is 0 Å². The van der Waals surface area contributed by atoms with Crippen molar-refractivity contribution in [2.24, 2.45) is 0 Å². The standard InChI is InChI=1S/C16H10F3N3O3/c17-16(18,19)10-3-1-2-8(6-10)13-20-12-7-9(14(23)22-25)4-5-11(12)15(24)21-13/h1-7,25H,(H,22,23)(H,20,21,24). The molecule has 1 amide bonds. The Balaban J connectivity index is 2.17. The summed E-state index contributed by atoms with van der Waals surface area (Å²) in [6.07, 6.45) is -4.53. The first-order chi connectivity index (χ1) is 11.8.